The minimum Gasteiger partial charge on any atom is -0.458 e. The standard InChI is InChI=1S/C15H22O4/c1-7(2)4-8(3)14(16)18-12-9-5-10-11(6-9)15(17)19-13(10)12/h7-13H,4-6H2,1-3H3. The van der Waals surface area contributed by atoms with Crippen molar-refractivity contribution in [2.75, 3.05) is 0 Å². The third kappa shape index (κ3) is 2.05. The van der Waals surface area contributed by atoms with Crippen molar-refractivity contribution in [2.24, 2.45) is 29.6 Å². The third-order valence-electron chi connectivity index (χ3n) is 4.89. The first-order chi connectivity index (χ1) is 8.97. The fourth-order valence-corrected chi connectivity index (χ4v) is 4.12. The van der Waals surface area contributed by atoms with E-state index in [-0.39, 0.29) is 36.0 Å². The molecule has 0 radical (unpaired) electrons. The molecule has 4 nitrogen and oxygen atoms in total. The number of carbonyl (C=O) groups excluding carboxylic acids is 2. The zero-order valence-electron chi connectivity index (χ0n) is 11.8. The van der Waals surface area contributed by atoms with E-state index in [0.717, 1.165) is 19.3 Å². The first-order valence-corrected chi connectivity index (χ1v) is 7.38. The number of carbonyl (C=O) groups is 2. The Kier molecular flexibility index (Phi) is 3.06. The normalized spacial score (nSPS) is 40.6. The van der Waals surface area contributed by atoms with Crippen LogP contribution in [0.4, 0.5) is 0 Å². The van der Waals surface area contributed by atoms with E-state index >= 15 is 0 Å². The quantitative estimate of drug-likeness (QED) is 0.732. The van der Waals surface area contributed by atoms with Crippen molar-refractivity contribution in [3.05, 3.63) is 0 Å². The average Bonchev–Trinajstić information content (AvgIpc) is 2.92. The zero-order chi connectivity index (χ0) is 13.7. The molecule has 1 heterocycles. The molecule has 3 rings (SSSR count). The van der Waals surface area contributed by atoms with E-state index in [9.17, 15) is 9.59 Å². The minimum absolute atomic E-state index is 0.0768. The summed E-state index contributed by atoms with van der Waals surface area (Å²) in [7, 11) is 0. The van der Waals surface area contributed by atoms with Crippen molar-refractivity contribution < 1.29 is 19.1 Å². The molecule has 0 amide bonds. The van der Waals surface area contributed by atoms with Gasteiger partial charge in [0, 0.05) is 11.8 Å². The molecule has 2 aliphatic carbocycles. The van der Waals surface area contributed by atoms with Crippen LogP contribution in [0.25, 0.3) is 0 Å². The third-order valence-corrected chi connectivity index (χ3v) is 4.89. The van der Waals surface area contributed by atoms with Gasteiger partial charge >= 0.3 is 11.9 Å². The molecule has 0 spiro atoms. The Balaban J connectivity index is 1.62. The van der Waals surface area contributed by atoms with E-state index in [4.69, 9.17) is 9.47 Å². The monoisotopic (exact) mass is 266 g/mol. The molecule has 106 valence electrons. The van der Waals surface area contributed by atoms with Crippen molar-refractivity contribution in [2.45, 2.75) is 52.2 Å². The summed E-state index contributed by atoms with van der Waals surface area (Å²) >= 11 is 0. The maximum absolute atomic E-state index is 12.1. The van der Waals surface area contributed by atoms with Gasteiger partial charge in [-0.05, 0) is 25.2 Å². The van der Waals surface area contributed by atoms with E-state index in [0.29, 0.717) is 17.8 Å². The largest absolute Gasteiger partial charge is 0.458 e. The number of hydrogen-bond donors (Lipinski definition) is 0. The highest BCUT2D eigenvalue weighted by Gasteiger charge is 2.63. The second-order valence-corrected chi connectivity index (χ2v) is 6.84. The van der Waals surface area contributed by atoms with Gasteiger partial charge in [0.1, 0.15) is 12.2 Å². The van der Waals surface area contributed by atoms with Gasteiger partial charge in [0.25, 0.3) is 0 Å². The van der Waals surface area contributed by atoms with Crippen LogP contribution in [0.15, 0.2) is 0 Å². The summed E-state index contributed by atoms with van der Waals surface area (Å²) in [6.45, 7) is 6.12. The van der Waals surface area contributed by atoms with Gasteiger partial charge in [0.2, 0.25) is 0 Å². The molecule has 1 saturated heterocycles. The lowest BCUT2D eigenvalue weighted by Crippen LogP contribution is -2.37. The summed E-state index contributed by atoms with van der Waals surface area (Å²) in [5.41, 5.74) is 0. The van der Waals surface area contributed by atoms with Crippen LogP contribution in [0.1, 0.15) is 40.0 Å². The van der Waals surface area contributed by atoms with Crippen molar-refractivity contribution in [1.29, 1.82) is 0 Å². The molecule has 2 bridgehead atoms. The van der Waals surface area contributed by atoms with Gasteiger partial charge in [0.15, 0.2) is 0 Å². The highest BCUT2D eigenvalue weighted by Crippen LogP contribution is 2.55. The Morgan fingerprint density at radius 2 is 2.11 bits per heavy atom. The fourth-order valence-electron chi connectivity index (χ4n) is 4.12. The van der Waals surface area contributed by atoms with E-state index in [2.05, 4.69) is 13.8 Å². The predicted octanol–water partition coefficient (Wildman–Crippen LogP) is 2.16. The van der Waals surface area contributed by atoms with Crippen molar-refractivity contribution in [1.82, 2.24) is 0 Å². The molecular weight excluding hydrogens is 244 g/mol. The number of esters is 2. The van der Waals surface area contributed by atoms with Crippen LogP contribution in [0.3, 0.4) is 0 Å². The van der Waals surface area contributed by atoms with Gasteiger partial charge in [-0.25, -0.2) is 0 Å². The molecule has 6 unspecified atom stereocenters. The summed E-state index contributed by atoms with van der Waals surface area (Å²) in [6.07, 6.45) is 2.32. The van der Waals surface area contributed by atoms with E-state index in [1.54, 1.807) is 0 Å². The van der Waals surface area contributed by atoms with E-state index in [1.165, 1.54) is 0 Å². The molecule has 0 aromatic rings. The van der Waals surface area contributed by atoms with Gasteiger partial charge in [-0.1, -0.05) is 20.8 Å². The van der Waals surface area contributed by atoms with Crippen molar-refractivity contribution in [3.63, 3.8) is 0 Å². The second-order valence-electron chi connectivity index (χ2n) is 6.84. The van der Waals surface area contributed by atoms with Crippen LogP contribution in [0.2, 0.25) is 0 Å². The average molecular weight is 266 g/mol. The fraction of sp³-hybridized carbons (Fsp3) is 0.867. The Morgan fingerprint density at radius 3 is 2.79 bits per heavy atom. The van der Waals surface area contributed by atoms with Gasteiger partial charge < -0.3 is 9.47 Å². The molecule has 4 heteroatoms. The Bertz CT molecular complexity index is 403. The van der Waals surface area contributed by atoms with Gasteiger partial charge in [-0.3, -0.25) is 9.59 Å². The van der Waals surface area contributed by atoms with Crippen molar-refractivity contribution in [3.8, 4) is 0 Å². The minimum atomic E-state index is -0.185. The first-order valence-electron chi connectivity index (χ1n) is 7.38. The maximum atomic E-state index is 12.1. The van der Waals surface area contributed by atoms with E-state index in [1.807, 2.05) is 6.92 Å². The molecular formula is C15H22O4. The molecule has 3 fully saturated rings. The van der Waals surface area contributed by atoms with Crippen LogP contribution in [-0.4, -0.2) is 24.1 Å². The van der Waals surface area contributed by atoms with Gasteiger partial charge in [0.05, 0.1) is 11.8 Å². The number of hydrogen-bond acceptors (Lipinski definition) is 4. The van der Waals surface area contributed by atoms with Crippen LogP contribution in [0.5, 0.6) is 0 Å². The lowest BCUT2D eigenvalue weighted by molar-refractivity contribution is -0.165. The van der Waals surface area contributed by atoms with Crippen LogP contribution in [-0.2, 0) is 19.1 Å². The van der Waals surface area contributed by atoms with Crippen LogP contribution in [0, 0.1) is 29.6 Å². The molecule has 6 atom stereocenters. The molecule has 1 aliphatic heterocycles. The predicted molar refractivity (Wildman–Crippen MR) is 68.1 cm³/mol. The molecule has 0 aromatic carbocycles. The highest BCUT2D eigenvalue weighted by molar-refractivity contribution is 5.77. The topological polar surface area (TPSA) is 52.6 Å². The number of rotatable bonds is 4. The maximum Gasteiger partial charge on any atom is 0.309 e. The Hall–Kier alpha value is -1.06. The summed E-state index contributed by atoms with van der Waals surface area (Å²) < 4.78 is 11.1. The summed E-state index contributed by atoms with van der Waals surface area (Å²) in [5.74, 6) is 0.913. The van der Waals surface area contributed by atoms with Crippen LogP contribution < -0.4 is 0 Å². The first kappa shape index (κ1) is 12.9. The van der Waals surface area contributed by atoms with Gasteiger partial charge in [-0.15, -0.1) is 0 Å². The van der Waals surface area contributed by atoms with Gasteiger partial charge in [-0.2, -0.15) is 0 Å². The molecule has 0 aromatic heterocycles. The summed E-state index contributed by atoms with van der Waals surface area (Å²) in [4.78, 5) is 23.7. The molecule has 19 heavy (non-hydrogen) atoms. The second kappa shape index (κ2) is 4.50. The molecule has 2 saturated carbocycles. The molecule has 3 aliphatic rings. The number of ether oxygens (including phenoxy) is 2. The Labute approximate surface area is 113 Å². The summed E-state index contributed by atoms with van der Waals surface area (Å²) in [5, 5.41) is 0. The highest BCUT2D eigenvalue weighted by atomic mass is 16.6. The summed E-state index contributed by atoms with van der Waals surface area (Å²) in [6, 6.07) is 0. The van der Waals surface area contributed by atoms with E-state index < -0.39 is 0 Å². The zero-order valence-corrected chi connectivity index (χ0v) is 11.8. The Morgan fingerprint density at radius 1 is 1.37 bits per heavy atom. The van der Waals surface area contributed by atoms with Crippen LogP contribution >= 0.6 is 0 Å². The SMILES string of the molecule is CC(C)CC(C)C(=O)OC1C2CC3C(=O)OC1C3C2. The smallest absolute Gasteiger partial charge is 0.309 e. The lowest BCUT2D eigenvalue weighted by atomic mass is 9.88. The van der Waals surface area contributed by atoms with Crippen molar-refractivity contribution >= 4 is 11.9 Å². The number of fused-ring (bicyclic) bond motifs is 1. The lowest BCUT2D eigenvalue weighted by Gasteiger charge is -2.26. The molecule has 0 N–H and O–H groups in total.